The Morgan fingerprint density at radius 2 is 1.76 bits per heavy atom. The first-order chi connectivity index (χ1) is 20.0. The van der Waals surface area contributed by atoms with E-state index in [1.807, 2.05) is 24.3 Å². The zero-order chi connectivity index (χ0) is 27.4. The summed E-state index contributed by atoms with van der Waals surface area (Å²) in [6.07, 6.45) is 6.31. The van der Waals surface area contributed by atoms with Crippen LogP contribution in [0.15, 0.2) is 66.7 Å². The van der Waals surface area contributed by atoms with E-state index in [1.165, 1.54) is 29.5 Å². The first kappa shape index (κ1) is 24.4. The number of Topliss-reactive ketones (excluding diaryl/α,β-unsaturated/α-hetero) is 1. The highest BCUT2D eigenvalue weighted by molar-refractivity contribution is 5.95. The van der Waals surface area contributed by atoms with Gasteiger partial charge in [0.2, 0.25) is 0 Å². The molecule has 0 aromatic heterocycles. The first-order valence-electron chi connectivity index (χ1n) is 15.6. The molecule has 6 aliphatic rings. The third-order valence-electron chi connectivity index (χ3n) is 11.6. The molecule has 2 aliphatic heterocycles. The SMILES string of the molecule is O=C1[C@@H]2Oc3c(OCc4ccccc4)ccc4c3[C@@]23CCN(CC2CC2)[C@H](C4)[C@]3(O)C[C@]12CCc1ccccc1C2. The Hall–Kier alpha value is -3.15. The molecule has 2 saturated carbocycles. The van der Waals surface area contributed by atoms with Crippen LogP contribution in [0.4, 0.5) is 0 Å². The number of ketones is 1. The average molecular weight is 548 g/mol. The molecule has 1 saturated heterocycles. The summed E-state index contributed by atoms with van der Waals surface area (Å²) in [6.45, 7) is 2.39. The average Bonchev–Trinajstić information content (AvgIpc) is 3.74. The number of hydrogen-bond donors (Lipinski definition) is 1. The molecule has 4 aliphatic carbocycles. The Labute approximate surface area is 241 Å². The van der Waals surface area contributed by atoms with Crippen LogP contribution < -0.4 is 9.47 Å². The highest BCUT2D eigenvalue weighted by atomic mass is 16.5. The molecule has 0 amide bonds. The fraction of sp³-hybridized carbons (Fsp3) is 0.472. The molecule has 210 valence electrons. The Bertz CT molecular complexity index is 1570. The fourth-order valence-corrected chi connectivity index (χ4v) is 9.52. The summed E-state index contributed by atoms with van der Waals surface area (Å²) in [5, 5.41) is 13.3. The van der Waals surface area contributed by atoms with Gasteiger partial charge in [0.1, 0.15) is 6.61 Å². The third-order valence-corrected chi connectivity index (χ3v) is 11.6. The van der Waals surface area contributed by atoms with E-state index >= 15 is 0 Å². The van der Waals surface area contributed by atoms with Gasteiger partial charge < -0.3 is 14.6 Å². The summed E-state index contributed by atoms with van der Waals surface area (Å²) in [5.41, 5.74) is 3.62. The molecule has 0 unspecified atom stereocenters. The summed E-state index contributed by atoms with van der Waals surface area (Å²) < 4.78 is 13.3. The number of carbonyl (C=O) groups is 1. The summed E-state index contributed by atoms with van der Waals surface area (Å²) in [7, 11) is 0. The van der Waals surface area contributed by atoms with E-state index in [9.17, 15) is 9.90 Å². The maximum absolute atomic E-state index is 14.8. The van der Waals surface area contributed by atoms with Crippen LogP contribution in [-0.4, -0.2) is 46.6 Å². The van der Waals surface area contributed by atoms with Crippen molar-refractivity contribution < 1.29 is 19.4 Å². The second-order valence-electron chi connectivity index (χ2n) is 13.8. The van der Waals surface area contributed by atoms with E-state index in [0.29, 0.717) is 30.9 Å². The van der Waals surface area contributed by atoms with Crippen LogP contribution in [0.5, 0.6) is 11.5 Å². The summed E-state index contributed by atoms with van der Waals surface area (Å²) in [4.78, 5) is 17.4. The number of benzene rings is 3. The lowest BCUT2D eigenvalue weighted by atomic mass is 9.43. The number of carbonyl (C=O) groups excluding carboxylic acids is 1. The Morgan fingerprint density at radius 3 is 2.59 bits per heavy atom. The number of hydrogen-bond acceptors (Lipinski definition) is 5. The van der Waals surface area contributed by atoms with Crippen LogP contribution in [0, 0.1) is 11.3 Å². The van der Waals surface area contributed by atoms with Gasteiger partial charge in [-0.05, 0) is 92.1 Å². The molecule has 3 fully saturated rings. The number of aliphatic hydroxyl groups is 1. The van der Waals surface area contributed by atoms with Crippen molar-refractivity contribution in [3.8, 4) is 11.5 Å². The molecule has 3 aromatic rings. The van der Waals surface area contributed by atoms with Crippen molar-refractivity contribution in [1.29, 1.82) is 0 Å². The molecular formula is C36H37NO4. The minimum absolute atomic E-state index is 0.000340. The van der Waals surface area contributed by atoms with Crippen LogP contribution in [0.3, 0.4) is 0 Å². The van der Waals surface area contributed by atoms with Crippen molar-refractivity contribution in [2.75, 3.05) is 13.1 Å². The van der Waals surface area contributed by atoms with E-state index < -0.39 is 22.5 Å². The van der Waals surface area contributed by atoms with Gasteiger partial charge in [-0.3, -0.25) is 9.69 Å². The highest BCUT2D eigenvalue weighted by Gasteiger charge is 2.77. The van der Waals surface area contributed by atoms with Crippen LogP contribution in [0.1, 0.15) is 59.9 Å². The number of aryl methyl sites for hydroxylation is 1. The number of nitrogens with zero attached hydrogens (tertiary/aromatic N) is 1. The van der Waals surface area contributed by atoms with Gasteiger partial charge in [0, 0.05) is 23.6 Å². The van der Waals surface area contributed by atoms with Crippen molar-refractivity contribution in [3.05, 3.63) is 94.5 Å². The Kier molecular flexibility index (Phi) is 5.04. The normalized spacial score (nSPS) is 34.6. The minimum Gasteiger partial charge on any atom is -0.485 e. The van der Waals surface area contributed by atoms with Crippen molar-refractivity contribution in [3.63, 3.8) is 0 Å². The molecular weight excluding hydrogens is 510 g/mol. The van der Waals surface area contributed by atoms with Crippen molar-refractivity contribution in [2.24, 2.45) is 11.3 Å². The van der Waals surface area contributed by atoms with Gasteiger partial charge in [-0.1, -0.05) is 60.7 Å². The van der Waals surface area contributed by atoms with Gasteiger partial charge in [-0.25, -0.2) is 0 Å². The Morgan fingerprint density at radius 1 is 0.951 bits per heavy atom. The van der Waals surface area contributed by atoms with E-state index in [2.05, 4.69) is 47.4 Å². The van der Waals surface area contributed by atoms with Crippen molar-refractivity contribution in [2.45, 2.75) is 81.1 Å². The van der Waals surface area contributed by atoms with Crippen LogP contribution in [-0.2, 0) is 36.1 Å². The largest absolute Gasteiger partial charge is 0.485 e. The molecule has 3 aromatic carbocycles. The monoisotopic (exact) mass is 547 g/mol. The molecule has 9 rings (SSSR count). The maximum atomic E-state index is 14.8. The van der Waals surface area contributed by atoms with Crippen molar-refractivity contribution in [1.82, 2.24) is 4.90 Å². The summed E-state index contributed by atoms with van der Waals surface area (Å²) >= 11 is 0. The molecule has 0 radical (unpaired) electrons. The number of piperidine rings is 1. The van der Waals surface area contributed by atoms with Gasteiger partial charge >= 0.3 is 0 Å². The summed E-state index contributed by atoms with van der Waals surface area (Å²) in [5.74, 6) is 2.34. The number of likely N-dealkylation sites (tertiary alicyclic amines) is 1. The zero-order valence-electron chi connectivity index (χ0n) is 23.5. The van der Waals surface area contributed by atoms with E-state index in [-0.39, 0.29) is 11.8 Å². The molecule has 5 atom stereocenters. The van der Waals surface area contributed by atoms with Gasteiger partial charge in [0.25, 0.3) is 0 Å². The maximum Gasteiger partial charge on any atom is 0.180 e. The zero-order valence-corrected chi connectivity index (χ0v) is 23.5. The molecule has 5 nitrogen and oxygen atoms in total. The second kappa shape index (κ2) is 8.45. The molecule has 2 spiro atoms. The van der Waals surface area contributed by atoms with Gasteiger partial charge in [-0.15, -0.1) is 0 Å². The van der Waals surface area contributed by atoms with Crippen LogP contribution >= 0.6 is 0 Å². The standard InChI is InChI=1S/C36H37NO4/c38-32-33-35-16-17-37(20-23-10-11-23)29(36(35,39)22-34(32)15-14-25-8-4-5-9-27(25)19-34)18-26-12-13-28(31(41-33)30(26)35)40-21-24-6-2-1-3-7-24/h1-9,12-13,23,29,33,39H,10-11,14-22H2/t29-,33+,34-,35+,36-/m1/s1. The minimum atomic E-state index is -1.03. The predicted molar refractivity (Wildman–Crippen MR) is 155 cm³/mol. The van der Waals surface area contributed by atoms with Crippen LogP contribution in [0.2, 0.25) is 0 Å². The molecule has 5 heteroatoms. The number of ether oxygens (including phenoxy) is 2. The van der Waals surface area contributed by atoms with Gasteiger partial charge in [-0.2, -0.15) is 0 Å². The smallest absolute Gasteiger partial charge is 0.180 e. The first-order valence-corrected chi connectivity index (χ1v) is 15.6. The predicted octanol–water partition coefficient (Wildman–Crippen LogP) is 5.18. The lowest BCUT2D eigenvalue weighted by Crippen LogP contribution is -2.79. The van der Waals surface area contributed by atoms with E-state index in [1.54, 1.807) is 0 Å². The van der Waals surface area contributed by atoms with E-state index in [4.69, 9.17) is 9.47 Å². The molecule has 2 heterocycles. The van der Waals surface area contributed by atoms with Crippen molar-refractivity contribution >= 4 is 5.78 Å². The topological polar surface area (TPSA) is 59.0 Å². The third kappa shape index (κ3) is 3.28. The lowest BCUT2D eigenvalue weighted by molar-refractivity contribution is -0.211. The van der Waals surface area contributed by atoms with E-state index in [0.717, 1.165) is 55.8 Å². The highest BCUT2D eigenvalue weighted by Crippen LogP contribution is 2.68. The van der Waals surface area contributed by atoms with Gasteiger partial charge in [0.05, 0.1) is 11.0 Å². The lowest BCUT2D eigenvalue weighted by Gasteiger charge is -2.66. The fourth-order valence-electron chi connectivity index (χ4n) is 9.52. The second-order valence-corrected chi connectivity index (χ2v) is 13.8. The number of rotatable bonds is 5. The molecule has 2 bridgehead atoms. The van der Waals surface area contributed by atoms with Gasteiger partial charge in [0.15, 0.2) is 23.4 Å². The molecule has 41 heavy (non-hydrogen) atoms. The Balaban J connectivity index is 1.17. The number of fused-ring (bicyclic) bond motifs is 1. The van der Waals surface area contributed by atoms with Crippen LogP contribution in [0.25, 0.3) is 0 Å². The molecule has 1 N–H and O–H groups in total. The summed E-state index contributed by atoms with van der Waals surface area (Å²) in [6, 6.07) is 22.9. The quantitative estimate of drug-likeness (QED) is 0.477.